The van der Waals surface area contributed by atoms with Crippen LogP contribution >= 0.6 is 0 Å². The first-order chi connectivity index (χ1) is 9.92. The number of sulfonamides is 1. The molecule has 8 heteroatoms. The van der Waals surface area contributed by atoms with Crippen LogP contribution in [-0.2, 0) is 14.8 Å². The van der Waals surface area contributed by atoms with Crippen molar-refractivity contribution in [3.8, 4) is 0 Å². The summed E-state index contributed by atoms with van der Waals surface area (Å²) < 4.78 is 50.6. The van der Waals surface area contributed by atoms with Crippen LogP contribution in [0.5, 0.6) is 0 Å². The van der Waals surface area contributed by atoms with Crippen molar-refractivity contribution in [2.45, 2.75) is 37.0 Å². The zero-order chi connectivity index (χ0) is 15.5. The zero-order valence-corrected chi connectivity index (χ0v) is 12.1. The minimum atomic E-state index is -4.49. The van der Waals surface area contributed by atoms with Gasteiger partial charge in [0.05, 0.1) is 0 Å². The van der Waals surface area contributed by atoms with E-state index in [1.807, 2.05) is 5.43 Å². The van der Waals surface area contributed by atoms with Crippen LogP contribution in [0.3, 0.4) is 0 Å². The van der Waals surface area contributed by atoms with E-state index in [1.54, 1.807) is 4.83 Å². The molecule has 1 fully saturated rings. The maximum atomic E-state index is 13.5. The normalized spacial score (nSPS) is 16.7. The fourth-order valence-electron chi connectivity index (χ4n) is 2.37. The molecule has 2 N–H and O–H groups in total. The highest BCUT2D eigenvalue weighted by Crippen LogP contribution is 2.23. The first kappa shape index (κ1) is 15.8. The monoisotopic (exact) mass is 318 g/mol. The summed E-state index contributed by atoms with van der Waals surface area (Å²) in [4.78, 5) is 12.5. The second kappa shape index (κ2) is 6.48. The molecule has 5 nitrogen and oxygen atoms in total. The van der Waals surface area contributed by atoms with Gasteiger partial charge >= 0.3 is 0 Å². The fourth-order valence-corrected chi connectivity index (χ4v) is 3.36. The quantitative estimate of drug-likeness (QED) is 0.832. The molecule has 0 heterocycles. The third-order valence-corrected chi connectivity index (χ3v) is 4.77. The molecule has 1 aromatic carbocycles. The predicted molar refractivity (Wildman–Crippen MR) is 71.4 cm³/mol. The van der Waals surface area contributed by atoms with E-state index in [0.717, 1.165) is 37.5 Å². The zero-order valence-electron chi connectivity index (χ0n) is 11.2. The van der Waals surface area contributed by atoms with E-state index in [9.17, 15) is 22.0 Å². The molecule has 21 heavy (non-hydrogen) atoms. The summed E-state index contributed by atoms with van der Waals surface area (Å²) in [6, 6.07) is 2.73. The molecule has 1 aromatic rings. The number of carbonyl (C=O) groups is 1. The smallest absolute Gasteiger partial charge is 0.263 e. The highest BCUT2D eigenvalue weighted by molar-refractivity contribution is 7.89. The molecule has 0 spiro atoms. The summed E-state index contributed by atoms with van der Waals surface area (Å²) in [5.74, 6) is -3.18. The van der Waals surface area contributed by atoms with Crippen LogP contribution in [-0.4, -0.2) is 14.3 Å². The van der Waals surface area contributed by atoms with Gasteiger partial charge in [0.25, 0.3) is 10.0 Å². The summed E-state index contributed by atoms with van der Waals surface area (Å²) in [5.41, 5.74) is 2.04. The van der Waals surface area contributed by atoms with Gasteiger partial charge in [-0.3, -0.25) is 10.2 Å². The van der Waals surface area contributed by atoms with Crippen LogP contribution in [0.15, 0.2) is 23.1 Å². The molecule has 0 aromatic heterocycles. The molecule has 0 unspecified atom stereocenters. The van der Waals surface area contributed by atoms with E-state index in [0.29, 0.717) is 12.8 Å². The van der Waals surface area contributed by atoms with Gasteiger partial charge in [-0.1, -0.05) is 25.3 Å². The summed E-state index contributed by atoms with van der Waals surface area (Å²) in [6.07, 6.45) is 4.23. The number of carbonyl (C=O) groups excluding carboxylic acids is 1. The van der Waals surface area contributed by atoms with Gasteiger partial charge in [-0.15, -0.1) is 4.83 Å². The third kappa shape index (κ3) is 3.76. The number of halogens is 2. The Morgan fingerprint density at radius 3 is 2.24 bits per heavy atom. The highest BCUT2D eigenvalue weighted by atomic mass is 32.2. The van der Waals surface area contributed by atoms with Crippen molar-refractivity contribution in [2.24, 2.45) is 5.92 Å². The number of hydrazine groups is 1. The SMILES string of the molecule is O=C(NNS(=O)(=O)c1c(F)cccc1F)C1CCCCC1. The number of hydrogen-bond acceptors (Lipinski definition) is 3. The van der Waals surface area contributed by atoms with Crippen LogP contribution in [0.1, 0.15) is 32.1 Å². The lowest BCUT2D eigenvalue weighted by Gasteiger charge is -2.20. The van der Waals surface area contributed by atoms with Crippen molar-refractivity contribution in [2.75, 3.05) is 0 Å². The van der Waals surface area contributed by atoms with Crippen LogP contribution in [0, 0.1) is 17.6 Å². The summed E-state index contributed by atoms with van der Waals surface area (Å²) in [7, 11) is -4.49. The maximum Gasteiger partial charge on any atom is 0.263 e. The van der Waals surface area contributed by atoms with Crippen molar-refractivity contribution in [3.63, 3.8) is 0 Å². The van der Waals surface area contributed by atoms with Crippen molar-refractivity contribution < 1.29 is 22.0 Å². The second-order valence-corrected chi connectivity index (χ2v) is 6.60. The summed E-state index contributed by atoms with van der Waals surface area (Å²) >= 11 is 0. The standard InChI is InChI=1S/C13H16F2N2O3S/c14-10-7-4-8-11(15)12(10)21(19,20)17-16-13(18)9-5-2-1-3-6-9/h4,7-9,17H,1-3,5-6H2,(H,16,18). The van der Waals surface area contributed by atoms with E-state index >= 15 is 0 Å². The average Bonchev–Trinajstić information content (AvgIpc) is 2.45. The largest absolute Gasteiger partial charge is 0.277 e. The second-order valence-electron chi connectivity index (χ2n) is 4.98. The van der Waals surface area contributed by atoms with E-state index < -0.39 is 32.5 Å². The van der Waals surface area contributed by atoms with Gasteiger partial charge < -0.3 is 0 Å². The van der Waals surface area contributed by atoms with Gasteiger partial charge in [0, 0.05) is 5.92 Å². The molecule has 0 atom stereocenters. The molecule has 116 valence electrons. The van der Waals surface area contributed by atoms with Crippen molar-refractivity contribution >= 4 is 15.9 Å². The van der Waals surface area contributed by atoms with Gasteiger partial charge in [-0.05, 0) is 25.0 Å². The first-order valence-corrected chi connectivity index (χ1v) is 8.16. The Bertz CT molecular complexity index is 608. The van der Waals surface area contributed by atoms with Gasteiger partial charge in [0.15, 0.2) is 4.90 Å². The fraction of sp³-hybridized carbons (Fsp3) is 0.462. The van der Waals surface area contributed by atoms with E-state index in [2.05, 4.69) is 0 Å². The molecule has 1 amide bonds. The topological polar surface area (TPSA) is 75.3 Å². The van der Waals surface area contributed by atoms with Gasteiger partial charge in [0.2, 0.25) is 5.91 Å². The molecule has 1 aliphatic carbocycles. The van der Waals surface area contributed by atoms with Crippen LogP contribution < -0.4 is 10.3 Å². The Morgan fingerprint density at radius 2 is 1.67 bits per heavy atom. The van der Waals surface area contributed by atoms with Crippen molar-refractivity contribution in [1.29, 1.82) is 0 Å². The molecular formula is C13H16F2N2O3S. The third-order valence-electron chi connectivity index (χ3n) is 3.47. The van der Waals surface area contributed by atoms with Crippen molar-refractivity contribution in [3.05, 3.63) is 29.8 Å². The Morgan fingerprint density at radius 1 is 1.10 bits per heavy atom. The minimum absolute atomic E-state index is 0.271. The number of rotatable bonds is 4. The van der Waals surface area contributed by atoms with E-state index in [-0.39, 0.29) is 5.92 Å². The Hall–Kier alpha value is -1.54. The molecule has 1 saturated carbocycles. The lowest BCUT2D eigenvalue weighted by Crippen LogP contribution is -2.45. The van der Waals surface area contributed by atoms with Gasteiger partial charge in [0.1, 0.15) is 11.6 Å². The summed E-state index contributed by atoms with van der Waals surface area (Å²) in [5, 5.41) is 0. The molecule has 1 aliphatic rings. The Balaban J connectivity index is 2.06. The number of benzene rings is 1. The van der Waals surface area contributed by atoms with Crippen LogP contribution in [0.2, 0.25) is 0 Å². The lowest BCUT2D eigenvalue weighted by atomic mass is 9.89. The van der Waals surface area contributed by atoms with Crippen molar-refractivity contribution in [1.82, 2.24) is 10.3 Å². The molecule has 0 bridgehead atoms. The van der Waals surface area contributed by atoms with Gasteiger partial charge in [-0.25, -0.2) is 17.2 Å². The van der Waals surface area contributed by atoms with Gasteiger partial charge in [-0.2, -0.15) is 0 Å². The van der Waals surface area contributed by atoms with Crippen LogP contribution in [0.25, 0.3) is 0 Å². The molecule has 0 radical (unpaired) electrons. The predicted octanol–water partition coefficient (Wildman–Crippen LogP) is 1.85. The van der Waals surface area contributed by atoms with E-state index in [4.69, 9.17) is 0 Å². The number of amides is 1. The number of hydrogen-bond donors (Lipinski definition) is 2. The minimum Gasteiger partial charge on any atom is -0.277 e. The Labute approximate surface area is 121 Å². The molecular weight excluding hydrogens is 302 g/mol. The molecule has 0 aliphatic heterocycles. The van der Waals surface area contributed by atoms with Crippen LogP contribution in [0.4, 0.5) is 8.78 Å². The first-order valence-electron chi connectivity index (χ1n) is 6.67. The molecule has 2 rings (SSSR count). The Kier molecular flexibility index (Phi) is 4.89. The number of nitrogens with one attached hydrogen (secondary N) is 2. The molecule has 0 saturated heterocycles. The lowest BCUT2D eigenvalue weighted by molar-refractivity contribution is -0.126. The van der Waals surface area contributed by atoms with E-state index in [1.165, 1.54) is 0 Å². The maximum absolute atomic E-state index is 13.5. The summed E-state index contributed by atoms with van der Waals surface area (Å²) in [6.45, 7) is 0. The average molecular weight is 318 g/mol. The highest BCUT2D eigenvalue weighted by Gasteiger charge is 2.26.